The van der Waals surface area contributed by atoms with Crippen LogP contribution >= 0.6 is 11.6 Å². The van der Waals surface area contributed by atoms with Gasteiger partial charge in [-0.1, -0.05) is 0 Å². The number of hydrogen-bond acceptors (Lipinski definition) is 3. The van der Waals surface area contributed by atoms with Crippen molar-refractivity contribution in [3.05, 3.63) is 0 Å². The number of carbonyl (C=O) groups is 1. The Labute approximate surface area is 71.6 Å². The first-order valence-electron chi connectivity index (χ1n) is 3.48. The van der Waals surface area contributed by atoms with E-state index < -0.39 is 5.38 Å². The Morgan fingerprint density at radius 2 is 2.18 bits per heavy atom. The number of rotatable bonds is 5. The number of hydrogen-bond donors (Lipinski definition) is 0. The van der Waals surface area contributed by atoms with Crippen LogP contribution in [0.25, 0.3) is 0 Å². The van der Waals surface area contributed by atoms with Gasteiger partial charge in [-0.25, -0.2) is 0 Å². The maximum atomic E-state index is 10.7. The summed E-state index contributed by atoms with van der Waals surface area (Å²) in [5.41, 5.74) is 0. The van der Waals surface area contributed by atoms with E-state index in [0.29, 0.717) is 19.6 Å². The summed E-state index contributed by atoms with van der Waals surface area (Å²) in [4.78, 5) is 10.7. The average molecular weight is 181 g/mol. The molecule has 0 saturated carbocycles. The highest BCUT2D eigenvalue weighted by molar-refractivity contribution is 6.29. The summed E-state index contributed by atoms with van der Waals surface area (Å²) in [7, 11) is 1.60. The van der Waals surface area contributed by atoms with Crippen LogP contribution in [0.5, 0.6) is 0 Å². The van der Waals surface area contributed by atoms with E-state index in [-0.39, 0.29) is 5.97 Å². The number of esters is 1. The first kappa shape index (κ1) is 10.7. The van der Waals surface area contributed by atoms with E-state index in [0.717, 1.165) is 0 Å². The zero-order valence-electron chi connectivity index (χ0n) is 6.80. The highest BCUT2D eigenvalue weighted by Crippen LogP contribution is 1.97. The van der Waals surface area contributed by atoms with Gasteiger partial charge in [-0.2, -0.15) is 0 Å². The van der Waals surface area contributed by atoms with E-state index in [2.05, 4.69) is 0 Å². The standard InChI is InChI=1S/C7H13ClO3/c1-6(8)7(9)11-5-3-4-10-2/h6H,3-5H2,1-2H3. The van der Waals surface area contributed by atoms with Gasteiger partial charge in [0.2, 0.25) is 0 Å². The van der Waals surface area contributed by atoms with Gasteiger partial charge in [0.15, 0.2) is 0 Å². The molecule has 1 unspecified atom stereocenters. The van der Waals surface area contributed by atoms with Gasteiger partial charge >= 0.3 is 5.97 Å². The number of ether oxygens (including phenoxy) is 2. The average Bonchev–Trinajstić information content (AvgIpc) is 1.97. The second-order valence-electron chi connectivity index (χ2n) is 2.13. The molecule has 0 aliphatic heterocycles. The van der Waals surface area contributed by atoms with Crippen molar-refractivity contribution in [2.24, 2.45) is 0 Å². The molecular weight excluding hydrogens is 168 g/mol. The summed E-state index contributed by atoms with van der Waals surface area (Å²) in [6, 6.07) is 0. The van der Waals surface area contributed by atoms with E-state index in [1.54, 1.807) is 14.0 Å². The number of alkyl halides is 1. The maximum Gasteiger partial charge on any atom is 0.323 e. The molecule has 0 aromatic rings. The minimum absolute atomic E-state index is 0.372. The van der Waals surface area contributed by atoms with Gasteiger partial charge in [0, 0.05) is 20.1 Å². The molecule has 0 amide bonds. The van der Waals surface area contributed by atoms with Crippen LogP contribution in [0.2, 0.25) is 0 Å². The molecule has 0 aromatic heterocycles. The Morgan fingerprint density at radius 1 is 1.55 bits per heavy atom. The Morgan fingerprint density at radius 3 is 2.64 bits per heavy atom. The third-order valence-corrected chi connectivity index (χ3v) is 1.24. The third-order valence-electron chi connectivity index (χ3n) is 1.06. The first-order chi connectivity index (χ1) is 5.18. The van der Waals surface area contributed by atoms with Crippen LogP contribution in [0.4, 0.5) is 0 Å². The van der Waals surface area contributed by atoms with E-state index in [4.69, 9.17) is 21.1 Å². The number of carbonyl (C=O) groups excluding carboxylic acids is 1. The van der Waals surface area contributed by atoms with Crippen molar-refractivity contribution >= 4 is 17.6 Å². The largest absolute Gasteiger partial charge is 0.465 e. The van der Waals surface area contributed by atoms with Gasteiger partial charge in [0.25, 0.3) is 0 Å². The topological polar surface area (TPSA) is 35.5 Å². The summed E-state index contributed by atoms with van der Waals surface area (Å²) in [5, 5.41) is -0.558. The van der Waals surface area contributed by atoms with Crippen molar-refractivity contribution in [3.63, 3.8) is 0 Å². The van der Waals surface area contributed by atoms with Gasteiger partial charge in [-0.15, -0.1) is 11.6 Å². The molecule has 0 aliphatic rings. The van der Waals surface area contributed by atoms with E-state index >= 15 is 0 Å². The molecule has 0 heterocycles. The second-order valence-corrected chi connectivity index (χ2v) is 2.78. The predicted molar refractivity (Wildman–Crippen MR) is 42.8 cm³/mol. The highest BCUT2D eigenvalue weighted by atomic mass is 35.5. The fourth-order valence-corrected chi connectivity index (χ4v) is 0.554. The predicted octanol–water partition coefficient (Wildman–Crippen LogP) is 1.19. The van der Waals surface area contributed by atoms with Crippen molar-refractivity contribution in [2.45, 2.75) is 18.7 Å². The molecule has 0 saturated heterocycles. The van der Waals surface area contributed by atoms with Gasteiger partial charge in [0.1, 0.15) is 5.38 Å². The van der Waals surface area contributed by atoms with Crippen LogP contribution in [0, 0.1) is 0 Å². The van der Waals surface area contributed by atoms with E-state index in [9.17, 15) is 4.79 Å². The molecule has 0 aromatic carbocycles. The smallest absolute Gasteiger partial charge is 0.323 e. The molecule has 11 heavy (non-hydrogen) atoms. The Bertz CT molecular complexity index is 114. The van der Waals surface area contributed by atoms with Gasteiger partial charge in [-0.3, -0.25) is 4.79 Å². The fourth-order valence-electron chi connectivity index (χ4n) is 0.491. The maximum absolute atomic E-state index is 10.7. The van der Waals surface area contributed by atoms with Crippen LogP contribution in [0.1, 0.15) is 13.3 Å². The quantitative estimate of drug-likeness (QED) is 0.362. The van der Waals surface area contributed by atoms with Crippen LogP contribution in [-0.2, 0) is 14.3 Å². The van der Waals surface area contributed by atoms with Crippen LogP contribution in [0.15, 0.2) is 0 Å². The lowest BCUT2D eigenvalue weighted by atomic mass is 10.4. The van der Waals surface area contributed by atoms with Crippen molar-refractivity contribution in [2.75, 3.05) is 20.3 Å². The van der Waals surface area contributed by atoms with Crippen molar-refractivity contribution in [3.8, 4) is 0 Å². The van der Waals surface area contributed by atoms with Crippen molar-refractivity contribution in [1.82, 2.24) is 0 Å². The SMILES string of the molecule is COCCCOC(=O)C(C)Cl. The fraction of sp³-hybridized carbons (Fsp3) is 0.857. The minimum Gasteiger partial charge on any atom is -0.465 e. The summed E-state index contributed by atoms with van der Waals surface area (Å²) >= 11 is 5.44. The molecule has 0 radical (unpaired) electrons. The zero-order chi connectivity index (χ0) is 8.69. The molecular formula is C7H13ClO3. The molecule has 3 nitrogen and oxygen atoms in total. The van der Waals surface area contributed by atoms with E-state index in [1.807, 2.05) is 0 Å². The molecule has 4 heteroatoms. The lowest BCUT2D eigenvalue weighted by molar-refractivity contribution is -0.143. The van der Waals surface area contributed by atoms with Gasteiger partial charge in [-0.05, 0) is 6.92 Å². The number of methoxy groups -OCH3 is 1. The van der Waals surface area contributed by atoms with Crippen molar-refractivity contribution < 1.29 is 14.3 Å². The Balaban J connectivity index is 3.18. The molecule has 0 bridgehead atoms. The zero-order valence-corrected chi connectivity index (χ0v) is 7.56. The molecule has 0 N–H and O–H groups in total. The third kappa shape index (κ3) is 6.13. The first-order valence-corrected chi connectivity index (χ1v) is 3.91. The summed E-state index contributed by atoms with van der Waals surface area (Å²) in [5.74, 6) is -0.372. The molecule has 1 atom stereocenters. The van der Waals surface area contributed by atoms with Gasteiger partial charge in [0.05, 0.1) is 6.61 Å². The molecule has 0 spiro atoms. The lowest BCUT2D eigenvalue weighted by Gasteiger charge is -2.04. The summed E-state index contributed by atoms with van der Waals surface area (Å²) in [6.45, 7) is 2.56. The molecule has 0 aliphatic carbocycles. The Hall–Kier alpha value is -0.280. The highest BCUT2D eigenvalue weighted by Gasteiger charge is 2.09. The van der Waals surface area contributed by atoms with Crippen LogP contribution in [-0.4, -0.2) is 31.7 Å². The number of halogens is 1. The second kappa shape index (κ2) is 6.43. The Kier molecular flexibility index (Phi) is 6.27. The lowest BCUT2D eigenvalue weighted by Crippen LogP contribution is -2.15. The van der Waals surface area contributed by atoms with Crippen LogP contribution < -0.4 is 0 Å². The minimum atomic E-state index is -0.558. The van der Waals surface area contributed by atoms with Crippen LogP contribution in [0.3, 0.4) is 0 Å². The molecule has 0 fully saturated rings. The normalized spacial score (nSPS) is 12.6. The van der Waals surface area contributed by atoms with Crippen molar-refractivity contribution in [1.29, 1.82) is 0 Å². The monoisotopic (exact) mass is 180 g/mol. The van der Waals surface area contributed by atoms with E-state index in [1.165, 1.54) is 0 Å². The molecule has 66 valence electrons. The summed E-state index contributed by atoms with van der Waals surface area (Å²) in [6.07, 6.45) is 0.714. The molecule has 0 rings (SSSR count). The summed E-state index contributed by atoms with van der Waals surface area (Å²) < 4.78 is 9.51. The van der Waals surface area contributed by atoms with Gasteiger partial charge < -0.3 is 9.47 Å².